The Morgan fingerprint density at radius 3 is 2.43 bits per heavy atom. The molecular formula is C16H22FNO3. The van der Waals surface area contributed by atoms with Crippen LogP contribution < -0.4 is 5.32 Å². The molecule has 0 aliphatic heterocycles. The number of anilines is 1. The average molecular weight is 295 g/mol. The van der Waals surface area contributed by atoms with E-state index in [4.69, 9.17) is 4.74 Å². The molecule has 1 atom stereocenters. The lowest BCUT2D eigenvalue weighted by molar-refractivity contribution is -0.155. The lowest BCUT2D eigenvalue weighted by Gasteiger charge is -2.27. The molecule has 0 radical (unpaired) electrons. The smallest absolute Gasteiger partial charge is 0.319 e. The van der Waals surface area contributed by atoms with Crippen molar-refractivity contribution in [2.24, 2.45) is 11.3 Å². The highest BCUT2D eigenvalue weighted by molar-refractivity contribution is 6.05. The first kappa shape index (κ1) is 17.1. The molecule has 116 valence electrons. The van der Waals surface area contributed by atoms with Gasteiger partial charge in [-0.1, -0.05) is 26.8 Å². The molecule has 0 saturated carbocycles. The number of amides is 1. The van der Waals surface area contributed by atoms with E-state index >= 15 is 0 Å². The molecule has 1 aromatic carbocycles. The number of aryl methyl sites for hydroxylation is 1. The molecule has 0 fully saturated rings. The third kappa shape index (κ3) is 4.55. The molecule has 1 unspecified atom stereocenters. The minimum atomic E-state index is -1.00. The van der Waals surface area contributed by atoms with Crippen LogP contribution in [0, 0.1) is 24.1 Å². The van der Waals surface area contributed by atoms with Crippen molar-refractivity contribution in [3.63, 3.8) is 0 Å². The van der Waals surface area contributed by atoms with Crippen molar-refractivity contribution in [2.75, 3.05) is 11.9 Å². The van der Waals surface area contributed by atoms with Crippen molar-refractivity contribution in [2.45, 2.75) is 34.6 Å². The van der Waals surface area contributed by atoms with Gasteiger partial charge in [0.15, 0.2) is 0 Å². The Kier molecular flexibility index (Phi) is 5.47. The second-order valence-corrected chi connectivity index (χ2v) is 6.02. The van der Waals surface area contributed by atoms with E-state index in [-0.39, 0.29) is 12.3 Å². The first-order valence-corrected chi connectivity index (χ1v) is 6.90. The maximum absolute atomic E-state index is 13.8. The van der Waals surface area contributed by atoms with E-state index in [1.165, 1.54) is 12.1 Å². The molecule has 0 spiro atoms. The topological polar surface area (TPSA) is 55.4 Å². The summed E-state index contributed by atoms with van der Waals surface area (Å²) >= 11 is 0. The normalized spacial score (nSPS) is 12.7. The number of nitrogens with one attached hydrogen (secondary N) is 1. The predicted molar refractivity (Wildman–Crippen MR) is 79.3 cm³/mol. The van der Waals surface area contributed by atoms with E-state index in [1.807, 2.05) is 0 Å². The second kappa shape index (κ2) is 6.70. The zero-order chi connectivity index (χ0) is 16.2. The van der Waals surface area contributed by atoms with Gasteiger partial charge in [-0.25, -0.2) is 4.39 Å². The van der Waals surface area contributed by atoms with Crippen LogP contribution >= 0.6 is 0 Å². The van der Waals surface area contributed by atoms with Crippen molar-refractivity contribution in [3.05, 3.63) is 29.6 Å². The number of halogens is 1. The van der Waals surface area contributed by atoms with Crippen molar-refractivity contribution in [1.82, 2.24) is 0 Å². The molecule has 21 heavy (non-hydrogen) atoms. The first-order chi connectivity index (χ1) is 9.66. The minimum absolute atomic E-state index is 0.0594. The summed E-state index contributed by atoms with van der Waals surface area (Å²) in [6, 6.07) is 4.49. The number of ether oxygens (including phenoxy) is 1. The second-order valence-electron chi connectivity index (χ2n) is 6.02. The molecule has 1 aromatic rings. The lowest BCUT2D eigenvalue weighted by Crippen LogP contribution is -2.40. The van der Waals surface area contributed by atoms with Gasteiger partial charge in [-0.05, 0) is 37.0 Å². The van der Waals surface area contributed by atoms with E-state index in [2.05, 4.69) is 5.32 Å². The van der Waals surface area contributed by atoms with E-state index in [0.29, 0.717) is 0 Å². The van der Waals surface area contributed by atoms with Crippen molar-refractivity contribution in [3.8, 4) is 0 Å². The number of rotatable bonds is 4. The molecule has 1 N–H and O–H groups in total. The Balaban J connectivity index is 2.99. The van der Waals surface area contributed by atoms with Gasteiger partial charge in [0.05, 0.1) is 12.3 Å². The highest BCUT2D eigenvalue weighted by Crippen LogP contribution is 2.29. The van der Waals surface area contributed by atoms with Gasteiger partial charge in [-0.15, -0.1) is 0 Å². The summed E-state index contributed by atoms with van der Waals surface area (Å²) in [6.45, 7) is 8.91. The fourth-order valence-corrected chi connectivity index (χ4v) is 2.01. The molecule has 1 amide bonds. The quantitative estimate of drug-likeness (QED) is 0.685. The predicted octanol–water partition coefficient (Wildman–Crippen LogP) is 3.30. The van der Waals surface area contributed by atoms with Crippen LogP contribution in [0.15, 0.2) is 18.2 Å². The molecule has 0 heterocycles. The molecule has 0 aliphatic carbocycles. The third-order valence-corrected chi connectivity index (χ3v) is 3.03. The van der Waals surface area contributed by atoms with Gasteiger partial charge < -0.3 is 10.1 Å². The molecule has 4 nitrogen and oxygen atoms in total. The Hall–Kier alpha value is -1.91. The van der Waals surface area contributed by atoms with Gasteiger partial charge >= 0.3 is 5.97 Å². The van der Waals surface area contributed by atoms with Crippen molar-refractivity contribution in [1.29, 1.82) is 0 Å². The van der Waals surface area contributed by atoms with Crippen LogP contribution in [-0.2, 0) is 14.3 Å². The van der Waals surface area contributed by atoms with Crippen molar-refractivity contribution >= 4 is 17.6 Å². The van der Waals surface area contributed by atoms with Gasteiger partial charge in [-0.3, -0.25) is 9.59 Å². The zero-order valence-corrected chi connectivity index (χ0v) is 13.1. The summed E-state index contributed by atoms with van der Waals surface area (Å²) in [5.74, 6) is -2.70. The van der Waals surface area contributed by atoms with E-state index < -0.39 is 29.0 Å². The summed E-state index contributed by atoms with van der Waals surface area (Å²) in [5, 5.41) is 2.47. The first-order valence-electron chi connectivity index (χ1n) is 6.90. The molecule has 0 bridgehead atoms. The van der Waals surface area contributed by atoms with E-state index in [1.54, 1.807) is 40.7 Å². The zero-order valence-electron chi connectivity index (χ0n) is 13.1. The molecule has 5 heteroatoms. The average Bonchev–Trinajstić information content (AvgIpc) is 2.31. The van der Waals surface area contributed by atoms with Crippen LogP contribution in [0.3, 0.4) is 0 Å². The Morgan fingerprint density at radius 1 is 1.33 bits per heavy atom. The number of benzene rings is 1. The van der Waals surface area contributed by atoms with Crippen molar-refractivity contribution < 1.29 is 18.7 Å². The maximum atomic E-state index is 13.8. The molecule has 1 rings (SSSR count). The maximum Gasteiger partial charge on any atom is 0.319 e. The summed E-state index contributed by atoms with van der Waals surface area (Å²) < 4.78 is 18.7. The van der Waals surface area contributed by atoms with Gasteiger partial charge in [0, 0.05) is 0 Å². The lowest BCUT2D eigenvalue weighted by atomic mass is 9.80. The largest absolute Gasteiger partial charge is 0.465 e. The van der Waals surface area contributed by atoms with Crippen LogP contribution in [0.25, 0.3) is 0 Å². The molecular weight excluding hydrogens is 273 g/mol. The SMILES string of the molecule is CCOC(=O)C(C(=O)Nc1ccc(C)cc1F)C(C)(C)C. The number of esters is 1. The highest BCUT2D eigenvalue weighted by Gasteiger charge is 2.39. The van der Waals surface area contributed by atoms with Crippen LogP contribution in [0.5, 0.6) is 0 Å². The van der Waals surface area contributed by atoms with Gasteiger partial charge in [0.2, 0.25) is 5.91 Å². The summed E-state index contributed by atoms with van der Waals surface area (Å²) in [6.07, 6.45) is 0. The number of carbonyl (C=O) groups excluding carboxylic acids is 2. The Bertz CT molecular complexity index is 535. The fraction of sp³-hybridized carbons (Fsp3) is 0.500. The Morgan fingerprint density at radius 2 is 1.95 bits per heavy atom. The van der Waals surface area contributed by atoms with Gasteiger partial charge in [0.25, 0.3) is 0 Å². The number of carbonyl (C=O) groups is 2. The standard InChI is InChI=1S/C16H22FNO3/c1-6-21-15(20)13(16(3,4)5)14(19)18-12-8-7-10(2)9-11(12)17/h7-9,13H,6H2,1-5H3,(H,18,19). The number of hydrogen-bond acceptors (Lipinski definition) is 3. The van der Waals surface area contributed by atoms with E-state index in [9.17, 15) is 14.0 Å². The highest BCUT2D eigenvalue weighted by atomic mass is 19.1. The molecule has 0 aliphatic rings. The van der Waals surface area contributed by atoms with Crippen LogP contribution in [0.1, 0.15) is 33.3 Å². The minimum Gasteiger partial charge on any atom is -0.465 e. The molecule has 0 saturated heterocycles. The van der Waals surface area contributed by atoms with Crippen LogP contribution in [0.2, 0.25) is 0 Å². The number of hydrogen-bond donors (Lipinski definition) is 1. The van der Waals surface area contributed by atoms with E-state index in [0.717, 1.165) is 5.56 Å². The van der Waals surface area contributed by atoms with Crippen LogP contribution in [-0.4, -0.2) is 18.5 Å². The van der Waals surface area contributed by atoms with Gasteiger partial charge in [0.1, 0.15) is 11.7 Å². The molecule has 0 aromatic heterocycles. The fourth-order valence-electron chi connectivity index (χ4n) is 2.01. The van der Waals surface area contributed by atoms with Crippen LogP contribution in [0.4, 0.5) is 10.1 Å². The monoisotopic (exact) mass is 295 g/mol. The third-order valence-electron chi connectivity index (χ3n) is 3.03. The summed E-state index contributed by atoms with van der Waals surface area (Å²) in [5.41, 5.74) is 0.185. The summed E-state index contributed by atoms with van der Waals surface area (Å²) in [4.78, 5) is 24.3. The summed E-state index contributed by atoms with van der Waals surface area (Å²) in [7, 11) is 0. The van der Waals surface area contributed by atoms with Gasteiger partial charge in [-0.2, -0.15) is 0 Å². The Labute approximate surface area is 124 Å².